The first kappa shape index (κ1) is 15.3. The molecule has 2 unspecified atom stereocenters. The van der Waals surface area contributed by atoms with Crippen LogP contribution in [0.5, 0.6) is 0 Å². The fourth-order valence-electron chi connectivity index (χ4n) is 2.35. The molecule has 7 heteroatoms. The Hall–Kier alpha value is -1.08. The van der Waals surface area contributed by atoms with Crippen LogP contribution in [-0.2, 0) is 4.79 Å². The third-order valence-electron chi connectivity index (χ3n) is 3.41. The van der Waals surface area contributed by atoms with Gasteiger partial charge < -0.3 is 15.3 Å². The van der Waals surface area contributed by atoms with Crippen molar-refractivity contribution in [2.45, 2.75) is 19.4 Å². The number of para-hydroxylation sites is 1. The zero-order valence-corrected chi connectivity index (χ0v) is 13.9. The highest BCUT2D eigenvalue weighted by Crippen LogP contribution is 2.32. The monoisotopic (exact) mass is 404 g/mol. The lowest BCUT2D eigenvalue weighted by Crippen LogP contribution is -2.44. The molecule has 2 amide bonds. The van der Waals surface area contributed by atoms with E-state index in [1.807, 2.05) is 25.1 Å². The minimum absolute atomic E-state index is 0.0408. The predicted octanol–water partition coefficient (Wildman–Crippen LogP) is 3.54. The lowest BCUT2D eigenvalue weighted by Gasteiger charge is -2.24. The minimum atomic E-state index is -0.962. The van der Waals surface area contributed by atoms with Gasteiger partial charge in [0.25, 0.3) is 0 Å². The quantitative estimate of drug-likeness (QED) is 0.790. The van der Waals surface area contributed by atoms with Crippen LogP contribution >= 0.6 is 31.9 Å². The van der Waals surface area contributed by atoms with Crippen molar-refractivity contribution in [3.05, 3.63) is 27.1 Å². The Labute approximate surface area is 133 Å². The highest BCUT2D eigenvalue weighted by molar-refractivity contribution is 9.11. The molecule has 0 saturated carbocycles. The summed E-state index contributed by atoms with van der Waals surface area (Å²) in [5, 5.41) is 12.0. The molecule has 1 fully saturated rings. The maximum absolute atomic E-state index is 12.3. The molecule has 1 aromatic rings. The molecule has 2 atom stereocenters. The van der Waals surface area contributed by atoms with Gasteiger partial charge in [0.05, 0.1) is 5.69 Å². The number of hydrogen-bond acceptors (Lipinski definition) is 2. The molecule has 2 rings (SSSR count). The van der Waals surface area contributed by atoms with Crippen LogP contribution in [0.3, 0.4) is 0 Å². The second-order valence-electron chi connectivity index (χ2n) is 4.77. The highest BCUT2D eigenvalue weighted by Gasteiger charge is 2.39. The van der Waals surface area contributed by atoms with Gasteiger partial charge in [-0.2, -0.15) is 0 Å². The molecule has 0 aliphatic carbocycles. The number of benzene rings is 1. The SMILES string of the molecule is CC1CCN(C(=O)Nc2c(Br)cccc2Br)C1C(=O)O. The van der Waals surface area contributed by atoms with Crippen molar-refractivity contribution in [2.75, 3.05) is 11.9 Å². The molecule has 1 saturated heterocycles. The van der Waals surface area contributed by atoms with Gasteiger partial charge in [-0.1, -0.05) is 13.0 Å². The van der Waals surface area contributed by atoms with Crippen LogP contribution in [0.1, 0.15) is 13.3 Å². The first-order valence-electron chi connectivity index (χ1n) is 6.16. The number of amides is 2. The average molecular weight is 406 g/mol. The van der Waals surface area contributed by atoms with Crippen LogP contribution in [-0.4, -0.2) is 34.6 Å². The number of anilines is 1. The largest absolute Gasteiger partial charge is 0.480 e. The number of urea groups is 1. The molecule has 0 bridgehead atoms. The lowest BCUT2D eigenvalue weighted by molar-refractivity contribution is -0.142. The number of halogens is 2. The number of hydrogen-bond donors (Lipinski definition) is 2. The number of carbonyl (C=O) groups is 2. The molecule has 5 nitrogen and oxygen atoms in total. The van der Waals surface area contributed by atoms with E-state index in [0.717, 1.165) is 8.95 Å². The molecule has 2 N–H and O–H groups in total. The van der Waals surface area contributed by atoms with Crippen molar-refractivity contribution in [1.29, 1.82) is 0 Å². The van der Waals surface area contributed by atoms with Crippen LogP contribution in [0.4, 0.5) is 10.5 Å². The standard InChI is InChI=1S/C13H14Br2N2O3/c1-7-5-6-17(11(7)12(18)19)13(20)16-10-8(14)3-2-4-9(10)15/h2-4,7,11H,5-6H2,1H3,(H,16,20)(H,18,19). The summed E-state index contributed by atoms with van der Waals surface area (Å²) in [6.45, 7) is 2.30. The van der Waals surface area contributed by atoms with E-state index in [4.69, 9.17) is 0 Å². The van der Waals surface area contributed by atoms with E-state index >= 15 is 0 Å². The van der Waals surface area contributed by atoms with Crippen molar-refractivity contribution < 1.29 is 14.7 Å². The number of carboxylic acid groups (broad SMARTS) is 1. The Balaban J connectivity index is 2.18. The Morgan fingerprint density at radius 2 is 1.95 bits per heavy atom. The number of aliphatic carboxylic acids is 1. The van der Waals surface area contributed by atoms with Crippen molar-refractivity contribution in [2.24, 2.45) is 5.92 Å². The number of carboxylic acids is 1. The Kier molecular flexibility index (Phi) is 4.70. The highest BCUT2D eigenvalue weighted by atomic mass is 79.9. The van der Waals surface area contributed by atoms with E-state index in [0.29, 0.717) is 18.7 Å². The van der Waals surface area contributed by atoms with E-state index in [1.165, 1.54) is 4.90 Å². The zero-order valence-electron chi connectivity index (χ0n) is 10.8. The van der Waals surface area contributed by atoms with Gasteiger partial charge in [0.1, 0.15) is 6.04 Å². The Bertz CT molecular complexity index is 530. The van der Waals surface area contributed by atoms with Gasteiger partial charge in [0, 0.05) is 15.5 Å². The second-order valence-corrected chi connectivity index (χ2v) is 6.48. The molecular formula is C13H14Br2N2O3. The van der Waals surface area contributed by atoms with Crippen molar-refractivity contribution in [3.8, 4) is 0 Å². The predicted molar refractivity (Wildman–Crippen MR) is 82.8 cm³/mol. The topological polar surface area (TPSA) is 69.6 Å². The molecule has 0 radical (unpaired) electrons. The summed E-state index contributed by atoms with van der Waals surface area (Å²) in [5.41, 5.74) is 0.598. The van der Waals surface area contributed by atoms with E-state index in [1.54, 1.807) is 0 Å². The van der Waals surface area contributed by atoms with Gasteiger partial charge >= 0.3 is 12.0 Å². The van der Waals surface area contributed by atoms with Crippen LogP contribution in [0.15, 0.2) is 27.1 Å². The van der Waals surface area contributed by atoms with E-state index in [2.05, 4.69) is 37.2 Å². The Morgan fingerprint density at radius 3 is 2.50 bits per heavy atom. The van der Waals surface area contributed by atoms with Gasteiger partial charge in [-0.15, -0.1) is 0 Å². The van der Waals surface area contributed by atoms with Crippen LogP contribution < -0.4 is 5.32 Å². The van der Waals surface area contributed by atoms with E-state index < -0.39 is 18.0 Å². The number of likely N-dealkylation sites (tertiary alicyclic amines) is 1. The molecule has 1 aliphatic rings. The van der Waals surface area contributed by atoms with E-state index in [9.17, 15) is 14.7 Å². The average Bonchev–Trinajstić information content (AvgIpc) is 2.76. The molecule has 20 heavy (non-hydrogen) atoms. The lowest BCUT2D eigenvalue weighted by atomic mass is 10.0. The summed E-state index contributed by atoms with van der Waals surface area (Å²) in [6, 6.07) is 4.29. The summed E-state index contributed by atoms with van der Waals surface area (Å²) in [6.07, 6.45) is 0.696. The Morgan fingerprint density at radius 1 is 1.35 bits per heavy atom. The molecule has 0 spiro atoms. The van der Waals surface area contributed by atoms with Gasteiger partial charge in [0.2, 0.25) is 0 Å². The fourth-order valence-corrected chi connectivity index (χ4v) is 3.54. The molecule has 0 aromatic heterocycles. The summed E-state index contributed by atoms with van der Waals surface area (Å²) >= 11 is 6.72. The number of carbonyl (C=O) groups excluding carboxylic acids is 1. The minimum Gasteiger partial charge on any atom is -0.480 e. The maximum Gasteiger partial charge on any atom is 0.326 e. The number of rotatable bonds is 2. The van der Waals surface area contributed by atoms with Crippen molar-refractivity contribution in [3.63, 3.8) is 0 Å². The third-order valence-corrected chi connectivity index (χ3v) is 4.73. The third kappa shape index (κ3) is 2.98. The molecule has 1 heterocycles. The number of nitrogens with one attached hydrogen (secondary N) is 1. The van der Waals surface area contributed by atoms with Crippen LogP contribution in [0.25, 0.3) is 0 Å². The summed E-state index contributed by atoms with van der Waals surface area (Å²) in [4.78, 5) is 24.9. The van der Waals surface area contributed by atoms with Crippen molar-refractivity contribution in [1.82, 2.24) is 4.90 Å². The zero-order chi connectivity index (χ0) is 14.9. The first-order valence-corrected chi connectivity index (χ1v) is 7.75. The maximum atomic E-state index is 12.3. The summed E-state index contributed by atoms with van der Waals surface area (Å²) < 4.78 is 1.47. The van der Waals surface area contributed by atoms with Gasteiger partial charge in [-0.05, 0) is 56.3 Å². The van der Waals surface area contributed by atoms with Crippen LogP contribution in [0, 0.1) is 5.92 Å². The van der Waals surface area contributed by atoms with Gasteiger partial charge in [-0.25, -0.2) is 9.59 Å². The second kappa shape index (κ2) is 6.13. The van der Waals surface area contributed by atoms with Crippen LogP contribution in [0.2, 0.25) is 0 Å². The molecule has 1 aromatic carbocycles. The molecular weight excluding hydrogens is 392 g/mol. The van der Waals surface area contributed by atoms with Gasteiger partial charge in [0.15, 0.2) is 0 Å². The normalized spacial score (nSPS) is 21.9. The molecule has 108 valence electrons. The smallest absolute Gasteiger partial charge is 0.326 e. The number of nitrogens with zero attached hydrogens (tertiary/aromatic N) is 1. The van der Waals surface area contributed by atoms with Gasteiger partial charge in [-0.3, -0.25) is 0 Å². The fraction of sp³-hybridized carbons (Fsp3) is 0.385. The summed E-state index contributed by atoms with van der Waals surface area (Å²) in [7, 11) is 0. The first-order chi connectivity index (χ1) is 9.41. The van der Waals surface area contributed by atoms with Crippen molar-refractivity contribution >= 4 is 49.5 Å². The molecule has 1 aliphatic heterocycles. The summed E-state index contributed by atoms with van der Waals surface area (Å²) in [5.74, 6) is -1.00. The van der Waals surface area contributed by atoms with E-state index in [-0.39, 0.29) is 5.92 Å².